The van der Waals surface area contributed by atoms with Crippen LogP contribution in [0.5, 0.6) is 0 Å². The molecule has 0 heterocycles. The molecule has 0 aromatic heterocycles. The molecule has 0 unspecified atom stereocenters. The van der Waals surface area contributed by atoms with Gasteiger partial charge in [-0.1, -0.05) is 80.0 Å². The van der Waals surface area contributed by atoms with Crippen LogP contribution in [0.2, 0.25) is 5.02 Å². The number of nitrogens with zero attached hydrogens (tertiary/aromatic N) is 2. The van der Waals surface area contributed by atoms with Crippen molar-refractivity contribution in [3.8, 4) is 0 Å². The molecule has 0 spiro atoms. The summed E-state index contributed by atoms with van der Waals surface area (Å²) in [5.41, 5.74) is 3.46. The lowest BCUT2D eigenvalue weighted by atomic mass is 10.0. The van der Waals surface area contributed by atoms with Crippen LogP contribution < -0.4 is 9.62 Å². The molecule has 0 saturated carbocycles. The second-order valence-electron chi connectivity index (χ2n) is 10.6. The van der Waals surface area contributed by atoms with E-state index >= 15 is 0 Å². The van der Waals surface area contributed by atoms with Gasteiger partial charge < -0.3 is 10.2 Å². The molecule has 1 N–H and O–H groups in total. The summed E-state index contributed by atoms with van der Waals surface area (Å²) in [5, 5.41) is 3.65. The van der Waals surface area contributed by atoms with Crippen molar-refractivity contribution in [1.29, 1.82) is 0 Å². The van der Waals surface area contributed by atoms with E-state index in [0.717, 1.165) is 29.5 Å². The predicted octanol–water partition coefficient (Wildman–Crippen LogP) is 6.00. The zero-order valence-corrected chi connectivity index (χ0v) is 26.5. The molecule has 3 aromatic rings. The molecule has 3 rings (SSSR count). The van der Waals surface area contributed by atoms with E-state index in [4.69, 9.17) is 11.6 Å². The molecule has 3 aromatic carbocycles. The summed E-state index contributed by atoms with van der Waals surface area (Å²) >= 11 is 6.11. The van der Waals surface area contributed by atoms with Gasteiger partial charge in [0.25, 0.3) is 0 Å². The Bertz CT molecular complexity index is 1400. The maximum Gasteiger partial charge on any atom is 0.243 e. The van der Waals surface area contributed by atoms with Crippen molar-refractivity contribution < 1.29 is 18.0 Å². The average molecular weight is 612 g/mol. The number of amides is 2. The molecule has 0 aliphatic rings. The molecule has 0 fully saturated rings. The van der Waals surface area contributed by atoms with Crippen LogP contribution in [0.15, 0.2) is 78.9 Å². The van der Waals surface area contributed by atoms with Gasteiger partial charge in [0.05, 0.1) is 11.9 Å². The van der Waals surface area contributed by atoms with Crippen molar-refractivity contribution >= 4 is 39.1 Å². The Morgan fingerprint density at radius 3 is 2.07 bits per heavy atom. The quantitative estimate of drug-likeness (QED) is 0.228. The molecule has 2 amide bonds. The minimum absolute atomic E-state index is 0.0503. The molecule has 0 radical (unpaired) electrons. The van der Waals surface area contributed by atoms with Gasteiger partial charge >= 0.3 is 0 Å². The first-order chi connectivity index (χ1) is 20.0. The van der Waals surface area contributed by atoms with E-state index in [1.165, 1.54) is 10.6 Å². The van der Waals surface area contributed by atoms with Crippen LogP contribution in [0.4, 0.5) is 5.69 Å². The van der Waals surface area contributed by atoms with Crippen LogP contribution in [-0.4, -0.2) is 50.0 Å². The molecule has 7 nitrogen and oxygen atoms in total. The lowest BCUT2D eigenvalue weighted by molar-refractivity contribution is -0.141. The van der Waals surface area contributed by atoms with Gasteiger partial charge in [0.2, 0.25) is 21.8 Å². The summed E-state index contributed by atoms with van der Waals surface area (Å²) in [5.74, 6) is -0.441. The first-order valence-electron chi connectivity index (χ1n) is 14.5. The van der Waals surface area contributed by atoms with Gasteiger partial charge in [0.1, 0.15) is 6.04 Å². The van der Waals surface area contributed by atoms with Crippen molar-refractivity contribution in [2.24, 2.45) is 0 Å². The second kappa shape index (κ2) is 15.8. The lowest BCUT2D eigenvalue weighted by Crippen LogP contribution is -2.52. The number of benzene rings is 3. The van der Waals surface area contributed by atoms with Gasteiger partial charge in [0, 0.05) is 37.0 Å². The lowest BCUT2D eigenvalue weighted by Gasteiger charge is -2.32. The van der Waals surface area contributed by atoms with Crippen LogP contribution in [-0.2, 0) is 39.0 Å². The number of aryl methyl sites for hydroxylation is 1. The Kier molecular flexibility index (Phi) is 12.4. The molecule has 226 valence electrons. The Labute approximate surface area is 255 Å². The van der Waals surface area contributed by atoms with Crippen LogP contribution in [0.3, 0.4) is 0 Å². The monoisotopic (exact) mass is 611 g/mol. The van der Waals surface area contributed by atoms with E-state index in [-0.39, 0.29) is 37.4 Å². The Balaban J connectivity index is 1.87. The predicted molar refractivity (Wildman–Crippen MR) is 171 cm³/mol. The minimum atomic E-state index is -3.56. The second-order valence-corrected chi connectivity index (χ2v) is 13.0. The van der Waals surface area contributed by atoms with Crippen molar-refractivity contribution in [1.82, 2.24) is 10.2 Å². The van der Waals surface area contributed by atoms with E-state index in [9.17, 15) is 18.0 Å². The summed E-state index contributed by atoms with van der Waals surface area (Å²) in [6, 6.07) is 23.5. The Morgan fingerprint density at radius 1 is 0.881 bits per heavy atom. The number of hydrogen-bond acceptors (Lipinski definition) is 4. The minimum Gasteiger partial charge on any atom is -0.352 e. The summed E-state index contributed by atoms with van der Waals surface area (Å²) < 4.78 is 26.7. The van der Waals surface area contributed by atoms with E-state index in [1.54, 1.807) is 29.2 Å². The van der Waals surface area contributed by atoms with E-state index in [0.29, 0.717) is 23.6 Å². The Hall–Kier alpha value is -3.36. The number of rotatable bonds is 15. The summed E-state index contributed by atoms with van der Waals surface area (Å²) in [6.45, 7) is 6.34. The van der Waals surface area contributed by atoms with Gasteiger partial charge in [-0.05, 0) is 67.1 Å². The van der Waals surface area contributed by atoms with Crippen molar-refractivity contribution in [3.05, 3.63) is 101 Å². The zero-order chi connectivity index (χ0) is 30.7. The van der Waals surface area contributed by atoms with E-state index in [1.807, 2.05) is 75.4 Å². The fourth-order valence-electron chi connectivity index (χ4n) is 4.68. The maximum atomic E-state index is 13.9. The number of anilines is 1. The number of halogens is 1. The maximum absolute atomic E-state index is 13.9. The third-order valence-electron chi connectivity index (χ3n) is 7.32. The van der Waals surface area contributed by atoms with Crippen molar-refractivity contribution in [2.45, 2.75) is 71.5 Å². The summed E-state index contributed by atoms with van der Waals surface area (Å²) in [4.78, 5) is 29.2. The topological polar surface area (TPSA) is 86.8 Å². The number of carbonyl (C=O) groups is 2. The molecule has 0 aliphatic carbocycles. The Morgan fingerprint density at radius 2 is 1.50 bits per heavy atom. The fourth-order valence-corrected chi connectivity index (χ4v) is 5.77. The number of carbonyl (C=O) groups excluding carboxylic acids is 2. The third-order valence-corrected chi connectivity index (χ3v) is 8.77. The molecular weight excluding hydrogens is 570 g/mol. The van der Waals surface area contributed by atoms with Gasteiger partial charge in [-0.15, -0.1) is 0 Å². The van der Waals surface area contributed by atoms with Gasteiger partial charge in [0.15, 0.2) is 0 Å². The normalized spacial score (nSPS) is 12.8. The highest BCUT2D eigenvalue weighted by atomic mass is 35.5. The van der Waals surface area contributed by atoms with Crippen LogP contribution in [0.1, 0.15) is 56.7 Å². The molecule has 2 atom stereocenters. The number of nitrogens with one attached hydrogen (secondary N) is 1. The first-order valence-corrected chi connectivity index (χ1v) is 16.7. The SMILES string of the molecule is CCc1ccc(N(CCCC(=O)N(Cc2ccc(Cl)cc2)[C@@H](Cc2ccccc2)C(=O)N[C@H](C)CC)S(C)(=O)=O)cc1. The number of sulfonamides is 1. The first kappa shape index (κ1) is 33.1. The molecule has 42 heavy (non-hydrogen) atoms. The average Bonchev–Trinajstić information content (AvgIpc) is 2.97. The third kappa shape index (κ3) is 9.88. The van der Waals surface area contributed by atoms with Crippen LogP contribution in [0.25, 0.3) is 0 Å². The van der Waals surface area contributed by atoms with Gasteiger partial charge in [-0.2, -0.15) is 0 Å². The van der Waals surface area contributed by atoms with Crippen LogP contribution >= 0.6 is 11.6 Å². The van der Waals surface area contributed by atoms with E-state index < -0.39 is 16.1 Å². The van der Waals surface area contributed by atoms with Crippen molar-refractivity contribution in [3.63, 3.8) is 0 Å². The highest BCUT2D eigenvalue weighted by molar-refractivity contribution is 7.92. The molecule has 0 bridgehead atoms. The van der Waals surface area contributed by atoms with Crippen molar-refractivity contribution in [2.75, 3.05) is 17.1 Å². The fraction of sp³-hybridized carbons (Fsp3) is 0.394. The zero-order valence-electron chi connectivity index (χ0n) is 24.9. The molecular formula is C33H42ClN3O4S. The van der Waals surface area contributed by atoms with E-state index in [2.05, 4.69) is 5.32 Å². The molecule has 0 saturated heterocycles. The molecule has 9 heteroatoms. The summed E-state index contributed by atoms with van der Waals surface area (Å²) in [6.07, 6.45) is 3.51. The highest BCUT2D eigenvalue weighted by Crippen LogP contribution is 2.21. The highest BCUT2D eigenvalue weighted by Gasteiger charge is 2.31. The largest absolute Gasteiger partial charge is 0.352 e. The van der Waals surface area contributed by atoms with Gasteiger partial charge in [-0.3, -0.25) is 13.9 Å². The smallest absolute Gasteiger partial charge is 0.243 e. The van der Waals surface area contributed by atoms with Crippen LogP contribution in [0, 0.1) is 0 Å². The molecule has 0 aliphatic heterocycles. The number of hydrogen-bond donors (Lipinski definition) is 1. The summed E-state index contributed by atoms with van der Waals surface area (Å²) in [7, 11) is -3.56. The standard InChI is InChI=1S/C33H42ClN3O4S/c1-5-25(3)35-33(39)31(23-27-11-8-7-9-12-27)36(24-28-14-18-29(34)19-15-28)32(38)13-10-22-37(42(4,40)41)30-20-16-26(6-2)17-21-30/h7-9,11-12,14-21,25,31H,5-6,10,13,22-24H2,1-4H3,(H,35,39)/t25-,31+/m1/s1. The van der Waals surface area contributed by atoms with Gasteiger partial charge in [-0.25, -0.2) is 8.42 Å².